The first-order chi connectivity index (χ1) is 12.0. The molecule has 1 fully saturated rings. The smallest absolute Gasteiger partial charge is 0.258 e. The third-order valence-electron chi connectivity index (χ3n) is 3.92. The summed E-state index contributed by atoms with van der Waals surface area (Å²) in [7, 11) is 0. The summed E-state index contributed by atoms with van der Waals surface area (Å²) in [4.78, 5) is 13.8. The van der Waals surface area contributed by atoms with Gasteiger partial charge in [-0.25, -0.2) is 8.78 Å². The van der Waals surface area contributed by atoms with Crippen molar-refractivity contribution in [3.8, 4) is 10.8 Å². The number of carbonyl (C=O) groups is 1. The number of amides is 1. The number of hydrogen-bond acceptors (Lipinski definition) is 5. The summed E-state index contributed by atoms with van der Waals surface area (Å²) in [5, 5.41) is 10.7. The molecule has 25 heavy (non-hydrogen) atoms. The van der Waals surface area contributed by atoms with E-state index in [9.17, 15) is 13.6 Å². The molecule has 2 heterocycles. The van der Waals surface area contributed by atoms with Crippen molar-refractivity contribution >= 4 is 22.9 Å². The second-order valence-electron chi connectivity index (χ2n) is 5.88. The average molecular weight is 361 g/mol. The van der Waals surface area contributed by atoms with E-state index < -0.39 is 17.5 Å². The zero-order valence-electron chi connectivity index (χ0n) is 13.2. The average Bonchev–Trinajstić information content (AvgIpc) is 3.18. The van der Waals surface area contributed by atoms with Crippen LogP contribution < -0.4 is 5.32 Å². The molecule has 0 unspecified atom stereocenters. The highest BCUT2D eigenvalue weighted by molar-refractivity contribution is 7.15. The summed E-state index contributed by atoms with van der Waals surface area (Å²) in [6.45, 7) is 1.82. The number of benzene rings is 1. The van der Waals surface area contributed by atoms with Crippen LogP contribution >= 0.6 is 11.3 Å². The molecule has 1 aromatic carbocycles. The van der Waals surface area contributed by atoms with Gasteiger partial charge in [-0.3, -0.25) is 4.79 Å². The maximum Gasteiger partial charge on any atom is 0.258 e. The number of anilines is 1. The lowest BCUT2D eigenvalue weighted by Crippen LogP contribution is -2.14. The number of nitrogens with zero attached hydrogens (tertiary/aromatic N) is 2. The van der Waals surface area contributed by atoms with Crippen molar-refractivity contribution in [3.05, 3.63) is 52.2 Å². The minimum Gasteiger partial charge on any atom is -0.420 e. The third kappa shape index (κ3) is 3.17. The van der Waals surface area contributed by atoms with Crippen molar-refractivity contribution in [3.63, 3.8) is 0 Å². The number of aryl methyl sites for hydroxylation is 1. The highest BCUT2D eigenvalue weighted by atomic mass is 32.1. The molecule has 1 aliphatic rings. The molecule has 5 nitrogen and oxygen atoms in total. The van der Waals surface area contributed by atoms with Crippen LogP contribution in [-0.2, 0) is 0 Å². The van der Waals surface area contributed by atoms with Gasteiger partial charge in [-0.15, -0.1) is 21.5 Å². The largest absolute Gasteiger partial charge is 0.420 e. The molecule has 1 saturated carbocycles. The quantitative estimate of drug-likeness (QED) is 0.742. The number of halogens is 2. The number of aromatic nitrogens is 2. The maximum atomic E-state index is 13.7. The first-order valence-electron chi connectivity index (χ1n) is 7.72. The van der Waals surface area contributed by atoms with E-state index >= 15 is 0 Å². The van der Waals surface area contributed by atoms with Crippen molar-refractivity contribution in [2.75, 3.05) is 5.32 Å². The fourth-order valence-electron chi connectivity index (χ4n) is 2.40. The Morgan fingerprint density at radius 1 is 1.28 bits per heavy atom. The van der Waals surface area contributed by atoms with Gasteiger partial charge >= 0.3 is 0 Å². The highest BCUT2D eigenvalue weighted by Gasteiger charge is 2.30. The fraction of sp³-hybridized carbons (Fsp3) is 0.235. The Labute approximate surface area is 145 Å². The minimum atomic E-state index is -0.906. The van der Waals surface area contributed by atoms with Crippen LogP contribution in [0.15, 0.2) is 28.7 Å². The minimum absolute atomic E-state index is 0.220. The number of hydrogen-bond donors (Lipinski definition) is 1. The Morgan fingerprint density at radius 2 is 2.08 bits per heavy atom. The summed E-state index contributed by atoms with van der Waals surface area (Å²) in [5.74, 6) is -0.872. The second-order valence-corrected chi connectivity index (χ2v) is 7.13. The van der Waals surface area contributed by atoms with Gasteiger partial charge in [-0.1, -0.05) is 0 Å². The van der Waals surface area contributed by atoms with Crippen molar-refractivity contribution < 1.29 is 18.0 Å². The van der Waals surface area contributed by atoms with Crippen LogP contribution in [0.4, 0.5) is 14.5 Å². The summed E-state index contributed by atoms with van der Waals surface area (Å²) < 4.78 is 32.3. The molecule has 1 amide bonds. The molecule has 0 atom stereocenters. The molecular weight excluding hydrogens is 348 g/mol. The Morgan fingerprint density at radius 3 is 2.80 bits per heavy atom. The normalized spacial score (nSPS) is 13.9. The maximum absolute atomic E-state index is 13.7. The van der Waals surface area contributed by atoms with E-state index in [0.717, 1.165) is 34.7 Å². The molecule has 4 rings (SSSR count). The zero-order valence-corrected chi connectivity index (χ0v) is 14.0. The molecule has 1 aliphatic carbocycles. The molecule has 0 aliphatic heterocycles. The van der Waals surface area contributed by atoms with E-state index in [4.69, 9.17) is 4.42 Å². The molecule has 0 radical (unpaired) electrons. The standard InChI is InChI=1S/C17H13F2N3O2S/c1-8-13(20-15(23)11-5-4-10(18)6-12(11)19)7-14(25-8)17-22-21-16(24-17)9-2-3-9/h4-7,9H,2-3H2,1H3,(H,20,23). The van der Waals surface area contributed by atoms with Gasteiger partial charge in [0.25, 0.3) is 11.8 Å². The molecule has 0 spiro atoms. The van der Waals surface area contributed by atoms with E-state index in [1.54, 1.807) is 6.07 Å². The van der Waals surface area contributed by atoms with E-state index in [-0.39, 0.29) is 5.56 Å². The molecule has 0 saturated heterocycles. The van der Waals surface area contributed by atoms with E-state index in [2.05, 4.69) is 15.5 Å². The van der Waals surface area contributed by atoms with Gasteiger partial charge in [0, 0.05) is 16.9 Å². The zero-order chi connectivity index (χ0) is 17.6. The fourth-order valence-corrected chi connectivity index (χ4v) is 3.30. The SMILES string of the molecule is Cc1sc(-c2nnc(C3CC3)o2)cc1NC(=O)c1ccc(F)cc1F. The summed E-state index contributed by atoms with van der Waals surface area (Å²) in [6, 6.07) is 4.55. The molecule has 2 aromatic heterocycles. The Kier molecular flexibility index (Phi) is 3.84. The summed E-state index contributed by atoms with van der Waals surface area (Å²) >= 11 is 1.39. The van der Waals surface area contributed by atoms with Gasteiger partial charge in [-0.05, 0) is 38.0 Å². The van der Waals surface area contributed by atoms with Crippen molar-refractivity contribution in [2.45, 2.75) is 25.7 Å². The van der Waals surface area contributed by atoms with Crippen molar-refractivity contribution in [2.24, 2.45) is 0 Å². The number of thiophene rings is 1. The van der Waals surface area contributed by atoms with E-state index in [1.807, 2.05) is 6.92 Å². The Bertz CT molecular complexity index is 963. The highest BCUT2D eigenvalue weighted by Crippen LogP contribution is 2.41. The summed E-state index contributed by atoms with van der Waals surface area (Å²) in [6.07, 6.45) is 2.13. The van der Waals surface area contributed by atoms with Crippen molar-refractivity contribution in [1.29, 1.82) is 0 Å². The van der Waals surface area contributed by atoms with Gasteiger partial charge in [0.1, 0.15) is 11.6 Å². The Hall–Kier alpha value is -2.61. The number of nitrogens with one attached hydrogen (secondary N) is 1. The van der Waals surface area contributed by atoms with Crippen LogP contribution in [0.2, 0.25) is 0 Å². The van der Waals surface area contributed by atoms with E-state index in [0.29, 0.717) is 29.5 Å². The second kappa shape index (κ2) is 6.03. The van der Waals surface area contributed by atoms with Crippen LogP contribution in [0.5, 0.6) is 0 Å². The van der Waals surface area contributed by atoms with Gasteiger partial charge in [-0.2, -0.15) is 0 Å². The first kappa shape index (κ1) is 15.9. The van der Waals surface area contributed by atoms with Crippen LogP contribution in [-0.4, -0.2) is 16.1 Å². The number of rotatable bonds is 4. The van der Waals surface area contributed by atoms with E-state index in [1.165, 1.54) is 11.3 Å². The molecule has 0 bridgehead atoms. The van der Waals surface area contributed by atoms with Crippen LogP contribution in [0.1, 0.15) is 39.9 Å². The van der Waals surface area contributed by atoms with Gasteiger partial charge in [0.05, 0.1) is 16.1 Å². The lowest BCUT2D eigenvalue weighted by Gasteiger charge is -2.05. The van der Waals surface area contributed by atoms with Crippen LogP contribution in [0.25, 0.3) is 10.8 Å². The van der Waals surface area contributed by atoms with Crippen LogP contribution in [0.3, 0.4) is 0 Å². The lowest BCUT2D eigenvalue weighted by molar-refractivity contribution is 0.102. The molecule has 8 heteroatoms. The van der Waals surface area contributed by atoms with Crippen LogP contribution in [0, 0.1) is 18.6 Å². The molecule has 1 N–H and O–H groups in total. The topological polar surface area (TPSA) is 68.0 Å². The molecule has 3 aromatic rings. The monoisotopic (exact) mass is 361 g/mol. The third-order valence-corrected chi connectivity index (χ3v) is 4.96. The molecular formula is C17H13F2N3O2S. The van der Waals surface area contributed by atoms with Gasteiger partial charge in [0.15, 0.2) is 0 Å². The van der Waals surface area contributed by atoms with Crippen molar-refractivity contribution in [1.82, 2.24) is 10.2 Å². The Balaban J connectivity index is 1.56. The lowest BCUT2D eigenvalue weighted by atomic mass is 10.2. The van der Waals surface area contributed by atoms with Gasteiger partial charge < -0.3 is 9.73 Å². The predicted octanol–water partition coefficient (Wildman–Crippen LogP) is 4.51. The summed E-state index contributed by atoms with van der Waals surface area (Å²) in [5.41, 5.74) is 0.308. The number of carbonyl (C=O) groups excluding carboxylic acids is 1. The van der Waals surface area contributed by atoms with Gasteiger partial charge in [0.2, 0.25) is 5.89 Å². The predicted molar refractivity (Wildman–Crippen MR) is 88.6 cm³/mol. The first-order valence-corrected chi connectivity index (χ1v) is 8.53. The molecule has 128 valence electrons.